The minimum Gasteiger partial charge on any atom is -0.495 e. The van der Waals surface area contributed by atoms with Crippen LogP contribution in [0.1, 0.15) is 31.4 Å². The van der Waals surface area contributed by atoms with Crippen molar-refractivity contribution in [2.24, 2.45) is 0 Å². The highest BCUT2D eigenvalue weighted by atomic mass is 35.5. The summed E-state index contributed by atoms with van der Waals surface area (Å²) in [6.45, 7) is 5.09. The van der Waals surface area contributed by atoms with Gasteiger partial charge < -0.3 is 15.0 Å². The monoisotopic (exact) mass is 639 g/mol. The van der Waals surface area contributed by atoms with Gasteiger partial charge in [-0.2, -0.15) is 0 Å². The first kappa shape index (κ1) is 32.5. The third kappa shape index (κ3) is 7.86. The second kappa shape index (κ2) is 14.3. The Balaban J connectivity index is 2.14. The van der Waals surface area contributed by atoms with Gasteiger partial charge in [-0.15, -0.1) is 0 Å². The summed E-state index contributed by atoms with van der Waals surface area (Å²) in [5.74, 6) is -0.784. The Bertz CT molecular complexity index is 1500. The molecule has 12 heteroatoms. The highest BCUT2D eigenvalue weighted by molar-refractivity contribution is 7.92. The first-order valence-electron chi connectivity index (χ1n) is 12.9. The molecule has 0 spiro atoms. The lowest BCUT2D eigenvalue weighted by molar-refractivity contribution is -0.140. The third-order valence-corrected chi connectivity index (χ3v) is 9.12. The van der Waals surface area contributed by atoms with Crippen molar-refractivity contribution in [3.63, 3.8) is 0 Å². The van der Waals surface area contributed by atoms with Gasteiger partial charge in [0.1, 0.15) is 18.3 Å². The number of ether oxygens (including phenoxy) is 1. The van der Waals surface area contributed by atoms with Crippen LogP contribution in [0.25, 0.3) is 0 Å². The topological polar surface area (TPSA) is 96.0 Å². The van der Waals surface area contributed by atoms with Gasteiger partial charge in [-0.25, -0.2) is 8.42 Å². The molecule has 0 saturated heterocycles. The number of halogens is 3. The van der Waals surface area contributed by atoms with Crippen molar-refractivity contribution < 1.29 is 22.7 Å². The molecule has 0 aliphatic carbocycles. The van der Waals surface area contributed by atoms with E-state index in [9.17, 15) is 18.0 Å². The Labute approximate surface area is 256 Å². The summed E-state index contributed by atoms with van der Waals surface area (Å²) in [5, 5.41) is 3.64. The maximum atomic E-state index is 14.1. The Hall–Kier alpha value is -2.98. The number of benzene rings is 3. The van der Waals surface area contributed by atoms with Crippen LogP contribution in [0.15, 0.2) is 65.6 Å². The van der Waals surface area contributed by atoms with Crippen LogP contribution in [-0.2, 0) is 26.2 Å². The number of methoxy groups -OCH3 is 1. The summed E-state index contributed by atoms with van der Waals surface area (Å²) < 4.78 is 34.5. The molecule has 3 aromatic rings. The summed E-state index contributed by atoms with van der Waals surface area (Å²) in [7, 11) is -2.90. The predicted octanol–water partition coefficient (Wildman–Crippen LogP) is 6.10. The average Bonchev–Trinajstić information content (AvgIpc) is 2.93. The maximum Gasteiger partial charge on any atom is 0.264 e. The van der Waals surface area contributed by atoms with Crippen molar-refractivity contribution in [3.8, 4) is 5.75 Å². The molecule has 1 N–H and O–H groups in total. The van der Waals surface area contributed by atoms with E-state index in [-0.39, 0.29) is 45.3 Å². The number of likely N-dealkylation sites (N-methyl/N-ethyl adjacent to an activating group) is 1. The number of carbonyl (C=O) groups excluding carboxylic acids is 2. The number of aryl methyl sites for hydroxylation is 1. The molecule has 8 nitrogen and oxygen atoms in total. The highest BCUT2D eigenvalue weighted by Gasteiger charge is 2.34. The average molecular weight is 641 g/mol. The zero-order valence-electron chi connectivity index (χ0n) is 23.2. The molecule has 0 fully saturated rings. The smallest absolute Gasteiger partial charge is 0.264 e. The van der Waals surface area contributed by atoms with E-state index in [0.29, 0.717) is 17.1 Å². The molecule has 1 atom stereocenters. The van der Waals surface area contributed by atoms with E-state index in [4.69, 9.17) is 39.5 Å². The minimum absolute atomic E-state index is 0.0174. The number of rotatable bonds is 12. The molecule has 0 aliphatic heterocycles. The molecule has 41 heavy (non-hydrogen) atoms. The lowest BCUT2D eigenvalue weighted by atomic mass is 10.1. The Kier molecular flexibility index (Phi) is 11.3. The third-order valence-electron chi connectivity index (χ3n) is 6.37. The van der Waals surface area contributed by atoms with E-state index in [0.717, 1.165) is 9.87 Å². The van der Waals surface area contributed by atoms with E-state index in [1.165, 1.54) is 36.3 Å². The van der Waals surface area contributed by atoms with E-state index in [2.05, 4.69) is 5.32 Å². The van der Waals surface area contributed by atoms with Gasteiger partial charge in [-0.05, 0) is 68.3 Å². The molecule has 0 aliphatic rings. The molecule has 0 radical (unpaired) electrons. The maximum absolute atomic E-state index is 14.1. The lowest BCUT2D eigenvalue weighted by Gasteiger charge is -2.33. The summed E-state index contributed by atoms with van der Waals surface area (Å²) in [5.41, 5.74) is 1.56. The number of nitrogens with one attached hydrogen (secondary N) is 1. The number of hydrogen-bond acceptors (Lipinski definition) is 5. The molecule has 3 rings (SSSR count). The molecule has 220 valence electrons. The number of anilines is 1. The fraction of sp³-hybridized carbons (Fsp3) is 0.310. The zero-order chi connectivity index (χ0) is 30.3. The van der Waals surface area contributed by atoms with Crippen molar-refractivity contribution in [3.05, 3.63) is 86.9 Å². The number of nitrogens with zero attached hydrogens (tertiary/aromatic N) is 2. The van der Waals surface area contributed by atoms with E-state index < -0.39 is 28.5 Å². The first-order valence-corrected chi connectivity index (χ1v) is 15.4. The Morgan fingerprint density at radius 3 is 2.22 bits per heavy atom. The van der Waals surface area contributed by atoms with Crippen LogP contribution in [0.4, 0.5) is 5.69 Å². The van der Waals surface area contributed by atoms with E-state index in [1.807, 2.05) is 6.92 Å². The van der Waals surface area contributed by atoms with Gasteiger partial charge in [0.05, 0.1) is 27.7 Å². The fourth-order valence-electron chi connectivity index (χ4n) is 4.26. The van der Waals surface area contributed by atoms with Crippen LogP contribution < -0.4 is 14.4 Å². The minimum atomic E-state index is -4.29. The number of sulfonamides is 1. The van der Waals surface area contributed by atoms with Gasteiger partial charge >= 0.3 is 0 Å². The van der Waals surface area contributed by atoms with Crippen molar-refractivity contribution >= 4 is 62.3 Å². The number of hydrogen-bond donors (Lipinski definition) is 1. The Morgan fingerprint density at radius 2 is 1.63 bits per heavy atom. The molecule has 0 saturated carbocycles. The molecular weight excluding hydrogens is 609 g/mol. The molecule has 2 amide bonds. The fourth-order valence-corrected chi connectivity index (χ4v) is 6.16. The van der Waals surface area contributed by atoms with Crippen LogP contribution in [0.3, 0.4) is 0 Å². The van der Waals surface area contributed by atoms with Crippen LogP contribution in [0.2, 0.25) is 15.1 Å². The molecule has 0 heterocycles. The molecule has 3 aromatic carbocycles. The van der Waals surface area contributed by atoms with Crippen LogP contribution in [0, 0.1) is 6.92 Å². The zero-order valence-corrected chi connectivity index (χ0v) is 26.2. The Morgan fingerprint density at radius 1 is 0.951 bits per heavy atom. The molecular formula is C29H32Cl3N3O5S. The second-order valence-electron chi connectivity index (χ2n) is 9.23. The van der Waals surface area contributed by atoms with Gasteiger partial charge in [-0.1, -0.05) is 65.5 Å². The van der Waals surface area contributed by atoms with Crippen molar-refractivity contribution in [1.82, 2.24) is 10.2 Å². The van der Waals surface area contributed by atoms with Crippen LogP contribution in [0.5, 0.6) is 5.75 Å². The van der Waals surface area contributed by atoms with Gasteiger partial charge in [-0.3, -0.25) is 13.9 Å². The lowest BCUT2D eigenvalue weighted by Crippen LogP contribution is -2.52. The van der Waals surface area contributed by atoms with Crippen molar-refractivity contribution in [1.29, 1.82) is 0 Å². The quantitative estimate of drug-likeness (QED) is 0.258. The summed E-state index contributed by atoms with van der Waals surface area (Å²) in [4.78, 5) is 28.5. The first-order chi connectivity index (χ1) is 19.4. The van der Waals surface area contributed by atoms with Gasteiger partial charge in [0.2, 0.25) is 11.8 Å². The largest absolute Gasteiger partial charge is 0.495 e. The number of carbonyl (C=O) groups is 2. The predicted molar refractivity (Wildman–Crippen MR) is 163 cm³/mol. The summed E-state index contributed by atoms with van der Waals surface area (Å²) >= 11 is 18.6. The molecule has 0 aromatic heterocycles. The van der Waals surface area contributed by atoms with E-state index >= 15 is 0 Å². The number of amides is 2. The van der Waals surface area contributed by atoms with Crippen molar-refractivity contribution in [2.75, 3.05) is 24.5 Å². The normalized spacial score (nSPS) is 12.0. The van der Waals surface area contributed by atoms with Gasteiger partial charge in [0.15, 0.2) is 0 Å². The van der Waals surface area contributed by atoms with Crippen molar-refractivity contribution in [2.45, 2.75) is 44.7 Å². The van der Waals surface area contributed by atoms with Gasteiger partial charge in [0, 0.05) is 18.1 Å². The second-order valence-corrected chi connectivity index (χ2v) is 12.3. The molecule has 0 bridgehead atoms. The summed E-state index contributed by atoms with van der Waals surface area (Å²) in [6, 6.07) is 14.8. The highest BCUT2D eigenvalue weighted by Crippen LogP contribution is 2.35. The summed E-state index contributed by atoms with van der Waals surface area (Å²) in [6.07, 6.45) is 0.282. The van der Waals surface area contributed by atoms with E-state index in [1.54, 1.807) is 50.2 Å². The van der Waals surface area contributed by atoms with Crippen LogP contribution >= 0.6 is 34.8 Å². The standard InChI is InChI=1S/C29H32Cl3N3O5S/c1-5-25(29(37)33-6-2)34(17-20-9-13-23(31)24(32)15-20)28(36)18-35(26-16-21(30)10-14-27(26)40-4)41(38,39)22-11-7-19(3)8-12-22/h7-16,25H,5-6,17-18H2,1-4H3,(H,33,37)/t25-/m0/s1. The van der Waals surface area contributed by atoms with Gasteiger partial charge in [0.25, 0.3) is 10.0 Å². The SMILES string of the molecule is CCNC(=O)[C@H](CC)N(Cc1ccc(Cl)c(Cl)c1)C(=O)CN(c1cc(Cl)ccc1OC)S(=O)(=O)c1ccc(C)cc1. The van der Waals surface area contributed by atoms with Crippen LogP contribution in [-0.4, -0.2) is 51.4 Å². The molecule has 0 unspecified atom stereocenters.